The number of nitrogens with one attached hydrogen (secondary N) is 2. The van der Waals surface area contributed by atoms with E-state index in [1.165, 1.54) is 0 Å². The number of nitrogens with zero attached hydrogens (tertiary/aromatic N) is 1. The van der Waals surface area contributed by atoms with Crippen LogP contribution in [0.2, 0.25) is 0 Å². The zero-order valence-corrected chi connectivity index (χ0v) is 17.1. The Morgan fingerprint density at radius 3 is 2.59 bits per heavy atom. The fourth-order valence-electron chi connectivity index (χ4n) is 1.94. The van der Waals surface area contributed by atoms with Crippen LogP contribution in [0.4, 0.5) is 11.5 Å². The fraction of sp³-hybridized carbons (Fsp3) is 0.294. The van der Waals surface area contributed by atoms with Gasteiger partial charge in [0, 0.05) is 16.2 Å². The lowest BCUT2D eigenvalue weighted by Crippen LogP contribution is -2.22. The highest BCUT2D eigenvalue weighted by atomic mass is 79.9. The van der Waals surface area contributed by atoms with Crippen molar-refractivity contribution in [2.24, 2.45) is 0 Å². The molecule has 1 aromatic carbocycles. The average molecular weight is 456 g/mol. The monoisotopic (exact) mass is 455 g/mol. The second-order valence-electron chi connectivity index (χ2n) is 5.54. The van der Waals surface area contributed by atoms with Gasteiger partial charge in [0.15, 0.2) is 12.4 Å². The minimum atomic E-state index is -0.577. The maximum absolute atomic E-state index is 11.8. The molecule has 144 valence electrons. The number of aryl methyl sites for hydroxylation is 2. The number of carbonyl (C=O) groups is 3. The molecule has 0 unspecified atom stereocenters. The van der Waals surface area contributed by atoms with Crippen LogP contribution in [-0.4, -0.2) is 41.1 Å². The van der Waals surface area contributed by atoms with Crippen molar-refractivity contribution in [2.75, 3.05) is 28.7 Å². The Morgan fingerprint density at radius 2 is 1.93 bits per heavy atom. The van der Waals surface area contributed by atoms with E-state index in [4.69, 9.17) is 9.26 Å². The van der Waals surface area contributed by atoms with Gasteiger partial charge in [-0.3, -0.25) is 14.4 Å². The number of carbonyl (C=O) groups excluding carboxylic acids is 3. The van der Waals surface area contributed by atoms with Crippen LogP contribution in [-0.2, 0) is 19.1 Å². The van der Waals surface area contributed by atoms with E-state index in [1.807, 2.05) is 13.0 Å². The summed E-state index contributed by atoms with van der Waals surface area (Å²) < 4.78 is 10.7. The van der Waals surface area contributed by atoms with Crippen molar-refractivity contribution in [3.05, 3.63) is 40.1 Å². The first-order chi connectivity index (χ1) is 12.8. The Bertz CT molecular complexity index is 840. The van der Waals surface area contributed by atoms with Gasteiger partial charge in [-0.25, -0.2) is 0 Å². The molecule has 1 heterocycles. The predicted octanol–water partition coefficient (Wildman–Crippen LogP) is 2.91. The van der Waals surface area contributed by atoms with Crippen LogP contribution in [0, 0.1) is 13.8 Å². The average Bonchev–Trinajstić information content (AvgIpc) is 3.01. The molecule has 10 heteroatoms. The molecule has 2 amide bonds. The summed E-state index contributed by atoms with van der Waals surface area (Å²) in [6, 6.07) is 6.94. The second-order valence-corrected chi connectivity index (χ2v) is 7.38. The SMILES string of the molecule is Cc1cc(NC(=O)CSCC(=O)OCC(=O)Nc2ccc(Br)c(C)c2)no1. The van der Waals surface area contributed by atoms with Crippen LogP contribution < -0.4 is 10.6 Å². The number of ether oxygens (including phenoxy) is 1. The molecule has 2 aromatic rings. The summed E-state index contributed by atoms with van der Waals surface area (Å²) in [5, 5.41) is 8.82. The van der Waals surface area contributed by atoms with E-state index in [0.717, 1.165) is 21.8 Å². The van der Waals surface area contributed by atoms with Crippen LogP contribution in [0.25, 0.3) is 0 Å². The molecular formula is C17H18BrN3O5S. The highest BCUT2D eigenvalue weighted by Gasteiger charge is 2.11. The van der Waals surface area contributed by atoms with Gasteiger partial charge in [-0.15, -0.1) is 11.8 Å². The van der Waals surface area contributed by atoms with Gasteiger partial charge >= 0.3 is 5.97 Å². The summed E-state index contributed by atoms with van der Waals surface area (Å²) >= 11 is 4.45. The maximum atomic E-state index is 11.8. The van der Waals surface area contributed by atoms with Crippen molar-refractivity contribution in [3.63, 3.8) is 0 Å². The number of benzene rings is 1. The minimum absolute atomic E-state index is 0.0457. The smallest absolute Gasteiger partial charge is 0.316 e. The molecule has 27 heavy (non-hydrogen) atoms. The summed E-state index contributed by atoms with van der Waals surface area (Å²) in [5.41, 5.74) is 1.59. The Kier molecular flexibility index (Phi) is 7.86. The highest BCUT2D eigenvalue weighted by Crippen LogP contribution is 2.19. The highest BCUT2D eigenvalue weighted by molar-refractivity contribution is 9.10. The van der Waals surface area contributed by atoms with E-state index in [9.17, 15) is 14.4 Å². The van der Waals surface area contributed by atoms with Crippen molar-refractivity contribution in [3.8, 4) is 0 Å². The summed E-state index contributed by atoms with van der Waals surface area (Å²) in [7, 11) is 0. The van der Waals surface area contributed by atoms with Gasteiger partial charge in [-0.05, 0) is 37.6 Å². The molecule has 1 aromatic heterocycles. The van der Waals surface area contributed by atoms with E-state index in [2.05, 4.69) is 31.7 Å². The van der Waals surface area contributed by atoms with E-state index >= 15 is 0 Å². The standard InChI is InChI=1S/C17H18BrN3O5S/c1-10-5-12(3-4-13(10)18)19-15(22)7-25-17(24)9-27-8-16(23)20-14-6-11(2)26-21-14/h3-6H,7-9H2,1-2H3,(H,19,22)(H,20,21,23). The quantitative estimate of drug-likeness (QED) is 0.588. The van der Waals surface area contributed by atoms with Gasteiger partial charge in [-0.2, -0.15) is 0 Å². The molecule has 0 saturated heterocycles. The number of aromatic nitrogens is 1. The third kappa shape index (κ3) is 7.43. The maximum Gasteiger partial charge on any atom is 0.316 e. The number of anilines is 2. The number of hydrogen-bond acceptors (Lipinski definition) is 7. The third-order valence-corrected chi connectivity index (χ3v) is 4.95. The van der Waals surface area contributed by atoms with Crippen molar-refractivity contribution in [2.45, 2.75) is 13.8 Å². The molecule has 0 radical (unpaired) electrons. The summed E-state index contributed by atoms with van der Waals surface area (Å²) in [6.45, 7) is 3.22. The van der Waals surface area contributed by atoms with Crippen LogP contribution in [0.5, 0.6) is 0 Å². The zero-order valence-electron chi connectivity index (χ0n) is 14.7. The van der Waals surface area contributed by atoms with Crippen LogP contribution in [0.3, 0.4) is 0 Å². The Hall–Kier alpha value is -2.33. The Morgan fingerprint density at radius 1 is 1.15 bits per heavy atom. The number of hydrogen-bond donors (Lipinski definition) is 2. The van der Waals surface area contributed by atoms with E-state index in [0.29, 0.717) is 17.3 Å². The number of amides is 2. The van der Waals surface area contributed by atoms with Gasteiger partial charge in [0.2, 0.25) is 5.91 Å². The molecule has 0 aliphatic carbocycles. The number of esters is 1. The Labute approximate surface area is 168 Å². The molecule has 0 fully saturated rings. The van der Waals surface area contributed by atoms with Gasteiger partial charge < -0.3 is 19.9 Å². The number of rotatable bonds is 8. The van der Waals surface area contributed by atoms with Gasteiger partial charge in [-0.1, -0.05) is 21.1 Å². The van der Waals surface area contributed by atoms with Gasteiger partial charge in [0.1, 0.15) is 5.76 Å². The van der Waals surface area contributed by atoms with Crippen LogP contribution in [0.1, 0.15) is 11.3 Å². The summed E-state index contributed by atoms with van der Waals surface area (Å²) in [5.74, 6) is -0.425. The third-order valence-electron chi connectivity index (χ3n) is 3.15. The minimum Gasteiger partial charge on any atom is -0.455 e. The Balaban J connectivity index is 1.63. The molecule has 0 atom stereocenters. The lowest BCUT2D eigenvalue weighted by molar-refractivity contribution is -0.144. The molecule has 2 N–H and O–H groups in total. The zero-order chi connectivity index (χ0) is 19.8. The van der Waals surface area contributed by atoms with Gasteiger partial charge in [0.25, 0.3) is 5.91 Å². The normalized spacial score (nSPS) is 10.3. The van der Waals surface area contributed by atoms with E-state index in [-0.39, 0.29) is 24.0 Å². The van der Waals surface area contributed by atoms with Gasteiger partial charge in [0.05, 0.1) is 11.5 Å². The first kappa shape index (κ1) is 21.0. The lowest BCUT2D eigenvalue weighted by Gasteiger charge is -2.08. The van der Waals surface area contributed by atoms with E-state index < -0.39 is 11.9 Å². The molecule has 0 bridgehead atoms. The number of halogens is 1. The molecule has 0 spiro atoms. The van der Waals surface area contributed by atoms with Crippen molar-refractivity contribution in [1.82, 2.24) is 5.16 Å². The first-order valence-electron chi connectivity index (χ1n) is 7.86. The number of thioether (sulfide) groups is 1. The predicted molar refractivity (Wildman–Crippen MR) is 106 cm³/mol. The second kappa shape index (κ2) is 10.1. The van der Waals surface area contributed by atoms with Crippen LogP contribution in [0.15, 0.2) is 33.3 Å². The molecule has 8 nitrogen and oxygen atoms in total. The topological polar surface area (TPSA) is 111 Å². The largest absolute Gasteiger partial charge is 0.455 e. The van der Waals surface area contributed by atoms with Crippen LogP contribution >= 0.6 is 27.7 Å². The lowest BCUT2D eigenvalue weighted by atomic mass is 10.2. The summed E-state index contributed by atoms with van der Waals surface area (Å²) in [4.78, 5) is 35.2. The molecule has 0 saturated carbocycles. The molecule has 2 rings (SSSR count). The van der Waals surface area contributed by atoms with E-state index in [1.54, 1.807) is 25.1 Å². The summed E-state index contributed by atoms with van der Waals surface area (Å²) in [6.07, 6.45) is 0. The molecular weight excluding hydrogens is 438 g/mol. The molecule has 0 aliphatic rings. The fourth-order valence-corrected chi connectivity index (χ4v) is 2.79. The molecule has 0 aliphatic heterocycles. The van der Waals surface area contributed by atoms with Crippen molar-refractivity contribution in [1.29, 1.82) is 0 Å². The van der Waals surface area contributed by atoms with Crippen molar-refractivity contribution < 1.29 is 23.6 Å². The van der Waals surface area contributed by atoms with Crippen molar-refractivity contribution >= 4 is 57.0 Å². The first-order valence-corrected chi connectivity index (χ1v) is 9.81.